The van der Waals surface area contributed by atoms with Crippen molar-refractivity contribution in [1.82, 2.24) is 10.3 Å². The molecule has 0 aliphatic carbocycles. The lowest BCUT2D eigenvalue weighted by Crippen LogP contribution is -2.05. The van der Waals surface area contributed by atoms with E-state index in [4.69, 9.17) is 0 Å². The van der Waals surface area contributed by atoms with E-state index >= 15 is 0 Å². The Labute approximate surface area is 86.9 Å². The minimum Gasteiger partial charge on any atom is -0.319 e. The molecular formula is C10H11BrN2. The molecular weight excluding hydrogens is 228 g/mol. The number of hydrogen-bond donors (Lipinski definition) is 1. The van der Waals surface area contributed by atoms with Crippen LogP contribution in [0.3, 0.4) is 0 Å². The summed E-state index contributed by atoms with van der Waals surface area (Å²) in [4.78, 5) is 4.14. The molecule has 0 radical (unpaired) electrons. The Hall–Kier alpha value is -0.850. The van der Waals surface area contributed by atoms with E-state index in [2.05, 4.69) is 38.1 Å². The van der Waals surface area contributed by atoms with Crippen molar-refractivity contribution in [2.24, 2.45) is 0 Å². The van der Waals surface area contributed by atoms with E-state index in [-0.39, 0.29) is 0 Å². The van der Waals surface area contributed by atoms with Crippen molar-refractivity contribution in [2.75, 3.05) is 13.6 Å². The van der Waals surface area contributed by atoms with Gasteiger partial charge in [0.2, 0.25) is 0 Å². The van der Waals surface area contributed by atoms with Crippen LogP contribution in [0.15, 0.2) is 22.8 Å². The third kappa shape index (κ3) is 4.07. The first kappa shape index (κ1) is 10.2. The smallest absolute Gasteiger partial charge is 0.113 e. The first-order valence-corrected chi connectivity index (χ1v) is 4.87. The maximum Gasteiger partial charge on any atom is 0.113 e. The van der Waals surface area contributed by atoms with E-state index in [9.17, 15) is 0 Å². The highest BCUT2D eigenvalue weighted by Gasteiger charge is 1.87. The van der Waals surface area contributed by atoms with Gasteiger partial charge in [-0.25, -0.2) is 4.98 Å². The summed E-state index contributed by atoms with van der Waals surface area (Å²) in [6.45, 7) is 0.920. The highest BCUT2D eigenvalue weighted by atomic mass is 79.9. The third-order valence-electron chi connectivity index (χ3n) is 1.44. The van der Waals surface area contributed by atoms with E-state index in [0.717, 1.165) is 23.1 Å². The first-order chi connectivity index (χ1) is 6.33. The number of pyridine rings is 1. The van der Waals surface area contributed by atoms with Crippen LogP contribution in [0.1, 0.15) is 12.1 Å². The Kier molecular flexibility index (Phi) is 4.52. The van der Waals surface area contributed by atoms with Crippen LogP contribution in [-0.4, -0.2) is 18.6 Å². The average Bonchev–Trinajstić information content (AvgIpc) is 2.15. The Morgan fingerprint density at radius 1 is 1.54 bits per heavy atom. The number of rotatable bonds is 2. The second-order valence-electron chi connectivity index (χ2n) is 2.52. The number of nitrogens with one attached hydrogen (secondary N) is 1. The molecule has 0 aliphatic rings. The van der Waals surface area contributed by atoms with Crippen molar-refractivity contribution >= 4 is 15.9 Å². The summed E-state index contributed by atoms with van der Waals surface area (Å²) >= 11 is 3.32. The average molecular weight is 239 g/mol. The molecule has 0 fully saturated rings. The van der Waals surface area contributed by atoms with Gasteiger partial charge in [-0.15, -0.1) is 0 Å². The topological polar surface area (TPSA) is 24.9 Å². The van der Waals surface area contributed by atoms with Crippen molar-refractivity contribution in [3.63, 3.8) is 0 Å². The standard InChI is InChI=1S/C10H11BrN2/c1-12-7-3-2-4-10-6-5-9(11)8-13-10/h5-6,8,12H,3,7H2,1H3. The lowest BCUT2D eigenvalue weighted by molar-refractivity contribution is 0.818. The molecule has 0 amide bonds. The molecule has 3 heteroatoms. The van der Waals surface area contributed by atoms with Gasteiger partial charge in [-0.1, -0.05) is 5.92 Å². The molecule has 68 valence electrons. The fourth-order valence-corrected chi connectivity index (χ4v) is 1.02. The molecule has 0 bridgehead atoms. The van der Waals surface area contributed by atoms with Crippen LogP contribution < -0.4 is 5.32 Å². The van der Waals surface area contributed by atoms with Crippen molar-refractivity contribution in [1.29, 1.82) is 0 Å². The van der Waals surface area contributed by atoms with Gasteiger partial charge in [-0.2, -0.15) is 0 Å². The second-order valence-corrected chi connectivity index (χ2v) is 3.43. The van der Waals surface area contributed by atoms with Crippen molar-refractivity contribution in [3.8, 4) is 11.8 Å². The summed E-state index contributed by atoms with van der Waals surface area (Å²) in [6, 6.07) is 3.84. The zero-order valence-corrected chi connectivity index (χ0v) is 9.06. The van der Waals surface area contributed by atoms with Crippen LogP contribution in [-0.2, 0) is 0 Å². The van der Waals surface area contributed by atoms with Crippen LogP contribution >= 0.6 is 15.9 Å². The first-order valence-electron chi connectivity index (χ1n) is 4.08. The highest BCUT2D eigenvalue weighted by Crippen LogP contribution is 2.06. The van der Waals surface area contributed by atoms with Crippen LogP contribution in [0.25, 0.3) is 0 Å². The molecule has 13 heavy (non-hydrogen) atoms. The predicted octanol–water partition coefficient (Wildman–Crippen LogP) is 1.81. The predicted molar refractivity (Wildman–Crippen MR) is 57.4 cm³/mol. The fraction of sp³-hybridized carbons (Fsp3) is 0.300. The highest BCUT2D eigenvalue weighted by molar-refractivity contribution is 9.10. The van der Waals surface area contributed by atoms with Gasteiger partial charge in [0.05, 0.1) is 0 Å². The van der Waals surface area contributed by atoms with Gasteiger partial charge in [0.25, 0.3) is 0 Å². The zero-order chi connectivity index (χ0) is 9.52. The van der Waals surface area contributed by atoms with Gasteiger partial charge >= 0.3 is 0 Å². The Balaban J connectivity index is 2.52. The fourth-order valence-electron chi connectivity index (χ4n) is 0.790. The summed E-state index contributed by atoms with van der Waals surface area (Å²) in [5.41, 5.74) is 0.819. The van der Waals surface area contributed by atoms with Gasteiger partial charge < -0.3 is 5.32 Å². The summed E-state index contributed by atoms with van der Waals surface area (Å²) in [6.07, 6.45) is 2.61. The Bertz CT molecular complexity index is 308. The summed E-state index contributed by atoms with van der Waals surface area (Å²) in [5, 5.41) is 3.03. The van der Waals surface area contributed by atoms with E-state index < -0.39 is 0 Å². The van der Waals surface area contributed by atoms with E-state index in [0.29, 0.717) is 0 Å². The quantitative estimate of drug-likeness (QED) is 0.628. The third-order valence-corrected chi connectivity index (χ3v) is 1.91. The minimum atomic E-state index is 0.819. The van der Waals surface area contributed by atoms with Gasteiger partial charge in [0.1, 0.15) is 5.69 Å². The maximum atomic E-state index is 4.14. The van der Waals surface area contributed by atoms with E-state index in [1.807, 2.05) is 19.2 Å². The molecule has 0 unspecified atom stereocenters. The Morgan fingerprint density at radius 3 is 3.00 bits per heavy atom. The van der Waals surface area contributed by atoms with Gasteiger partial charge in [0.15, 0.2) is 0 Å². The largest absolute Gasteiger partial charge is 0.319 e. The molecule has 0 saturated heterocycles. The van der Waals surface area contributed by atoms with E-state index in [1.165, 1.54) is 0 Å². The Morgan fingerprint density at radius 2 is 2.38 bits per heavy atom. The summed E-state index contributed by atoms with van der Waals surface area (Å²) in [7, 11) is 1.92. The maximum absolute atomic E-state index is 4.14. The second kappa shape index (κ2) is 5.74. The van der Waals surface area contributed by atoms with Crippen LogP contribution in [0, 0.1) is 11.8 Å². The molecule has 0 spiro atoms. The van der Waals surface area contributed by atoms with Gasteiger partial charge in [-0.3, -0.25) is 0 Å². The molecule has 0 aliphatic heterocycles. The molecule has 2 nitrogen and oxygen atoms in total. The molecule has 0 saturated carbocycles. The molecule has 1 aromatic heterocycles. The van der Waals surface area contributed by atoms with Crippen molar-refractivity contribution in [2.45, 2.75) is 6.42 Å². The van der Waals surface area contributed by atoms with E-state index in [1.54, 1.807) is 6.20 Å². The van der Waals surface area contributed by atoms with Crippen LogP contribution in [0.5, 0.6) is 0 Å². The van der Waals surface area contributed by atoms with Crippen molar-refractivity contribution in [3.05, 3.63) is 28.5 Å². The molecule has 1 N–H and O–H groups in total. The molecule has 1 heterocycles. The normalized spacial score (nSPS) is 9.08. The van der Waals surface area contributed by atoms with Gasteiger partial charge in [-0.05, 0) is 41.0 Å². The minimum absolute atomic E-state index is 0.819. The molecule has 0 atom stereocenters. The number of hydrogen-bond acceptors (Lipinski definition) is 2. The number of nitrogens with zero attached hydrogens (tertiary/aromatic N) is 1. The summed E-state index contributed by atoms with van der Waals surface area (Å²) in [5.74, 6) is 6.02. The monoisotopic (exact) mass is 238 g/mol. The molecule has 1 aromatic rings. The van der Waals surface area contributed by atoms with Gasteiger partial charge in [0, 0.05) is 23.6 Å². The zero-order valence-electron chi connectivity index (χ0n) is 7.47. The summed E-state index contributed by atoms with van der Waals surface area (Å²) < 4.78 is 0.980. The van der Waals surface area contributed by atoms with Crippen molar-refractivity contribution < 1.29 is 0 Å². The SMILES string of the molecule is CNCCC#Cc1ccc(Br)cn1. The molecule has 1 rings (SSSR count). The molecule has 0 aromatic carbocycles. The lowest BCUT2D eigenvalue weighted by Gasteiger charge is -1.90. The lowest BCUT2D eigenvalue weighted by atomic mass is 10.3. The number of aromatic nitrogens is 1. The van der Waals surface area contributed by atoms with Crippen LogP contribution in [0.4, 0.5) is 0 Å². The number of halogens is 1. The van der Waals surface area contributed by atoms with Crippen LogP contribution in [0.2, 0.25) is 0 Å².